The number of ether oxygens (including phenoxy) is 1. The van der Waals surface area contributed by atoms with Gasteiger partial charge in [0.1, 0.15) is 0 Å². The SMILES string of the molecule is COc1nn(C(C)C)c(=O)c2ccccc12. The largest absolute Gasteiger partial charge is 0.480 e. The first-order valence-corrected chi connectivity index (χ1v) is 5.20. The molecule has 0 radical (unpaired) electrons. The van der Waals surface area contributed by atoms with Gasteiger partial charge in [-0.05, 0) is 26.0 Å². The molecule has 1 aromatic heterocycles. The van der Waals surface area contributed by atoms with Crippen LogP contribution in [0.25, 0.3) is 10.8 Å². The monoisotopic (exact) mass is 218 g/mol. The fourth-order valence-electron chi connectivity index (χ4n) is 1.68. The predicted molar refractivity (Wildman–Crippen MR) is 62.9 cm³/mol. The summed E-state index contributed by atoms with van der Waals surface area (Å²) < 4.78 is 6.65. The van der Waals surface area contributed by atoms with Gasteiger partial charge >= 0.3 is 0 Å². The van der Waals surface area contributed by atoms with Gasteiger partial charge in [0.2, 0.25) is 5.88 Å². The highest BCUT2D eigenvalue weighted by molar-refractivity contribution is 5.85. The van der Waals surface area contributed by atoms with E-state index in [-0.39, 0.29) is 11.6 Å². The molecule has 0 aliphatic rings. The van der Waals surface area contributed by atoms with Crippen LogP contribution in [0, 0.1) is 0 Å². The van der Waals surface area contributed by atoms with Crippen molar-refractivity contribution >= 4 is 10.8 Å². The number of nitrogens with zero attached hydrogens (tertiary/aromatic N) is 2. The van der Waals surface area contributed by atoms with E-state index in [4.69, 9.17) is 4.74 Å². The fraction of sp³-hybridized carbons (Fsp3) is 0.333. The van der Waals surface area contributed by atoms with Gasteiger partial charge < -0.3 is 4.74 Å². The maximum Gasteiger partial charge on any atom is 0.275 e. The summed E-state index contributed by atoms with van der Waals surface area (Å²) in [5.41, 5.74) is -0.0774. The Morgan fingerprint density at radius 3 is 2.44 bits per heavy atom. The van der Waals surface area contributed by atoms with Crippen LogP contribution in [0.2, 0.25) is 0 Å². The van der Waals surface area contributed by atoms with Crippen LogP contribution in [-0.4, -0.2) is 16.9 Å². The second kappa shape index (κ2) is 3.96. The molecule has 4 nitrogen and oxygen atoms in total. The molecule has 0 saturated carbocycles. The topological polar surface area (TPSA) is 44.1 Å². The number of aromatic nitrogens is 2. The summed E-state index contributed by atoms with van der Waals surface area (Å²) in [4.78, 5) is 12.1. The molecular formula is C12H14N2O2. The third kappa shape index (κ3) is 1.56. The van der Waals surface area contributed by atoms with Crippen LogP contribution in [0.1, 0.15) is 19.9 Å². The van der Waals surface area contributed by atoms with Gasteiger partial charge in [0.25, 0.3) is 5.56 Å². The van der Waals surface area contributed by atoms with Crippen LogP contribution >= 0.6 is 0 Å². The molecule has 0 bridgehead atoms. The van der Waals surface area contributed by atoms with E-state index in [1.165, 1.54) is 4.68 Å². The van der Waals surface area contributed by atoms with E-state index in [0.29, 0.717) is 11.3 Å². The third-order valence-electron chi connectivity index (χ3n) is 2.48. The van der Waals surface area contributed by atoms with Crippen molar-refractivity contribution in [1.29, 1.82) is 0 Å². The molecule has 0 aliphatic carbocycles. The smallest absolute Gasteiger partial charge is 0.275 e. The second-order valence-corrected chi connectivity index (χ2v) is 3.90. The average Bonchev–Trinajstić information content (AvgIpc) is 2.29. The maximum absolute atomic E-state index is 12.1. The van der Waals surface area contributed by atoms with E-state index in [1.807, 2.05) is 32.0 Å². The van der Waals surface area contributed by atoms with E-state index >= 15 is 0 Å². The summed E-state index contributed by atoms with van der Waals surface area (Å²) in [6.07, 6.45) is 0. The second-order valence-electron chi connectivity index (χ2n) is 3.90. The number of benzene rings is 1. The van der Waals surface area contributed by atoms with Gasteiger partial charge in [-0.1, -0.05) is 12.1 Å². The van der Waals surface area contributed by atoms with E-state index in [9.17, 15) is 4.79 Å². The summed E-state index contributed by atoms with van der Waals surface area (Å²) in [6, 6.07) is 7.36. The van der Waals surface area contributed by atoms with Crippen molar-refractivity contribution in [3.8, 4) is 5.88 Å². The van der Waals surface area contributed by atoms with Crippen molar-refractivity contribution in [3.63, 3.8) is 0 Å². The van der Waals surface area contributed by atoms with Crippen molar-refractivity contribution in [2.45, 2.75) is 19.9 Å². The predicted octanol–water partition coefficient (Wildman–Crippen LogP) is 1.99. The minimum atomic E-state index is -0.0774. The molecule has 0 saturated heterocycles. The lowest BCUT2D eigenvalue weighted by Crippen LogP contribution is -2.25. The minimum Gasteiger partial charge on any atom is -0.480 e. The lowest BCUT2D eigenvalue weighted by molar-refractivity contribution is 0.373. The Balaban J connectivity index is 2.89. The van der Waals surface area contributed by atoms with E-state index in [0.717, 1.165) is 5.39 Å². The van der Waals surface area contributed by atoms with Crippen LogP contribution in [0.3, 0.4) is 0 Å². The number of methoxy groups -OCH3 is 1. The molecular weight excluding hydrogens is 204 g/mol. The Labute approximate surface area is 93.5 Å². The maximum atomic E-state index is 12.1. The van der Waals surface area contributed by atoms with Gasteiger partial charge in [0.05, 0.1) is 23.9 Å². The van der Waals surface area contributed by atoms with E-state index < -0.39 is 0 Å². The lowest BCUT2D eigenvalue weighted by atomic mass is 10.2. The van der Waals surface area contributed by atoms with Crippen LogP contribution in [-0.2, 0) is 0 Å². The Bertz CT molecular complexity index is 573. The normalized spacial score (nSPS) is 11.0. The number of hydrogen-bond donors (Lipinski definition) is 0. The summed E-state index contributed by atoms with van der Waals surface area (Å²) in [7, 11) is 1.56. The highest BCUT2D eigenvalue weighted by atomic mass is 16.5. The average molecular weight is 218 g/mol. The quantitative estimate of drug-likeness (QED) is 0.774. The number of rotatable bonds is 2. The third-order valence-corrected chi connectivity index (χ3v) is 2.48. The Kier molecular flexibility index (Phi) is 2.64. The standard InChI is InChI=1S/C12H14N2O2/c1-8(2)14-12(15)10-7-5-4-6-9(10)11(13-14)16-3/h4-8H,1-3H3. The summed E-state index contributed by atoms with van der Waals surface area (Å²) in [5.74, 6) is 0.490. The Hall–Kier alpha value is -1.84. The zero-order valence-electron chi connectivity index (χ0n) is 9.60. The zero-order chi connectivity index (χ0) is 11.7. The van der Waals surface area contributed by atoms with Gasteiger partial charge in [-0.25, -0.2) is 4.68 Å². The van der Waals surface area contributed by atoms with Crippen molar-refractivity contribution in [1.82, 2.24) is 9.78 Å². The van der Waals surface area contributed by atoms with Gasteiger partial charge in [-0.3, -0.25) is 4.79 Å². The molecule has 0 amide bonds. The van der Waals surface area contributed by atoms with Crippen molar-refractivity contribution in [2.24, 2.45) is 0 Å². The molecule has 16 heavy (non-hydrogen) atoms. The molecule has 2 aromatic rings. The van der Waals surface area contributed by atoms with Crippen LogP contribution in [0.15, 0.2) is 29.1 Å². The van der Waals surface area contributed by atoms with Crippen LogP contribution in [0.5, 0.6) is 5.88 Å². The van der Waals surface area contributed by atoms with Crippen molar-refractivity contribution in [2.75, 3.05) is 7.11 Å². The Morgan fingerprint density at radius 2 is 1.88 bits per heavy atom. The molecule has 0 fully saturated rings. The molecule has 0 atom stereocenters. The fourth-order valence-corrected chi connectivity index (χ4v) is 1.68. The molecule has 84 valence electrons. The van der Waals surface area contributed by atoms with Crippen LogP contribution < -0.4 is 10.3 Å². The molecule has 0 aliphatic heterocycles. The number of hydrogen-bond acceptors (Lipinski definition) is 3. The van der Waals surface area contributed by atoms with Gasteiger partial charge in [0, 0.05) is 0 Å². The first-order chi connectivity index (χ1) is 7.65. The van der Waals surface area contributed by atoms with Crippen LogP contribution in [0.4, 0.5) is 0 Å². The number of fused-ring (bicyclic) bond motifs is 1. The first-order valence-electron chi connectivity index (χ1n) is 5.20. The highest BCUT2D eigenvalue weighted by Gasteiger charge is 2.11. The summed E-state index contributed by atoms with van der Waals surface area (Å²) in [5, 5.41) is 5.60. The van der Waals surface area contributed by atoms with Crippen molar-refractivity contribution < 1.29 is 4.74 Å². The van der Waals surface area contributed by atoms with E-state index in [1.54, 1.807) is 13.2 Å². The molecule has 2 rings (SSSR count). The first kappa shape index (κ1) is 10.7. The molecule has 0 spiro atoms. The molecule has 1 aromatic carbocycles. The highest BCUT2D eigenvalue weighted by Crippen LogP contribution is 2.20. The Morgan fingerprint density at radius 1 is 1.25 bits per heavy atom. The van der Waals surface area contributed by atoms with Gasteiger partial charge in [-0.2, -0.15) is 0 Å². The minimum absolute atomic E-state index is 0.0195. The summed E-state index contributed by atoms with van der Waals surface area (Å²) in [6.45, 7) is 3.84. The van der Waals surface area contributed by atoms with Gasteiger partial charge in [0.15, 0.2) is 0 Å². The van der Waals surface area contributed by atoms with Crippen molar-refractivity contribution in [3.05, 3.63) is 34.6 Å². The molecule has 0 unspecified atom stereocenters. The van der Waals surface area contributed by atoms with E-state index in [2.05, 4.69) is 5.10 Å². The molecule has 0 N–H and O–H groups in total. The lowest BCUT2D eigenvalue weighted by Gasteiger charge is -2.12. The summed E-state index contributed by atoms with van der Waals surface area (Å²) >= 11 is 0. The molecule has 1 heterocycles. The van der Waals surface area contributed by atoms with Gasteiger partial charge in [-0.15, -0.1) is 5.10 Å². The molecule has 4 heteroatoms. The zero-order valence-corrected chi connectivity index (χ0v) is 9.60.